The average molecular weight is 366 g/mol. The fourth-order valence-corrected chi connectivity index (χ4v) is 4.29. The molecule has 3 heterocycles. The lowest BCUT2D eigenvalue weighted by atomic mass is 9.94. The third kappa shape index (κ3) is 5.48. The Kier molecular flexibility index (Phi) is 9.20. The van der Waals surface area contributed by atoms with Crippen LogP contribution in [0.2, 0.25) is 0 Å². The summed E-state index contributed by atoms with van der Waals surface area (Å²) in [6.07, 6.45) is 8.76. The molecular formula is C17H33Cl2N3O. The molecule has 3 atom stereocenters. The Balaban J connectivity index is 0.00000132. The van der Waals surface area contributed by atoms with E-state index in [1.807, 2.05) is 0 Å². The molecule has 0 aromatic heterocycles. The van der Waals surface area contributed by atoms with Crippen LogP contribution < -0.4 is 5.32 Å². The molecule has 6 heteroatoms. The van der Waals surface area contributed by atoms with Crippen LogP contribution in [-0.4, -0.2) is 60.5 Å². The van der Waals surface area contributed by atoms with Crippen LogP contribution in [0, 0.1) is 5.92 Å². The predicted octanol–water partition coefficient (Wildman–Crippen LogP) is 2.70. The van der Waals surface area contributed by atoms with Crippen LogP contribution in [0.3, 0.4) is 0 Å². The van der Waals surface area contributed by atoms with Gasteiger partial charge in [-0.25, -0.2) is 0 Å². The third-order valence-corrected chi connectivity index (χ3v) is 5.62. The minimum absolute atomic E-state index is 0. The number of halogens is 2. The lowest BCUT2D eigenvalue weighted by Crippen LogP contribution is -2.50. The van der Waals surface area contributed by atoms with Crippen LogP contribution in [0.1, 0.15) is 51.9 Å². The summed E-state index contributed by atoms with van der Waals surface area (Å²) in [5.41, 5.74) is 0. The van der Waals surface area contributed by atoms with Crippen molar-refractivity contribution in [2.45, 2.75) is 64.0 Å². The molecule has 3 rings (SSSR count). The highest BCUT2D eigenvalue weighted by atomic mass is 35.5. The highest BCUT2D eigenvalue weighted by molar-refractivity contribution is 5.85. The van der Waals surface area contributed by atoms with E-state index in [4.69, 9.17) is 0 Å². The van der Waals surface area contributed by atoms with Crippen molar-refractivity contribution < 1.29 is 4.79 Å². The Bertz CT molecular complexity index is 364. The van der Waals surface area contributed by atoms with E-state index >= 15 is 0 Å². The van der Waals surface area contributed by atoms with Crippen LogP contribution in [0.5, 0.6) is 0 Å². The monoisotopic (exact) mass is 365 g/mol. The fourth-order valence-electron chi connectivity index (χ4n) is 4.29. The maximum atomic E-state index is 12.6. The van der Waals surface area contributed by atoms with Gasteiger partial charge in [-0.3, -0.25) is 4.79 Å². The van der Waals surface area contributed by atoms with E-state index in [1.165, 1.54) is 45.2 Å². The van der Waals surface area contributed by atoms with Gasteiger partial charge in [0.15, 0.2) is 0 Å². The molecule has 0 aromatic rings. The molecule has 0 spiro atoms. The first-order valence-electron chi connectivity index (χ1n) is 9.00. The number of hydrogen-bond acceptors (Lipinski definition) is 3. The van der Waals surface area contributed by atoms with Crippen molar-refractivity contribution in [3.05, 3.63) is 0 Å². The summed E-state index contributed by atoms with van der Waals surface area (Å²) in [6.45, 7) is 7.80. The molecule has 3 saturated heterocycles. The van der Waals surface area contributed by atoms with Crippen LogP contribution in [0.25, 0.3) is 0 Å². The van der Waals surface area contributed by atoms with Crippen molar-refractivity contribution in [2.24, 2.45) is 5.92 Å². The number of likely N-dealkylation sites (tertiary alicyclic amines) is 2. The molecule has 4 nitrogen and oxygen atoms in total. The average Bonchev–Trinajstić information content (AvgIpc) is 3.03. The molecule has 0 radical (unpaired) electrons. The van der Waals surface area contributed by atoms with Gasteiger partial charge in [-0.1, -0.05) is 6.42 Å². The minimum Gasteiger partial charge on any atom is -0.341 e. The summed E-state index contributed by atoms with van der Waals surface area (Å²) in [4.78, 5) is 17.4. The summed E-state index contributed by atoms with van der Waals surface area (Å²) in [6, 6.07) is 0.846. The Morgan fingerprint density at radius 1 is 1.04 bits per heavy atom. The molecule has 1 N–H and O–H groups in total. The fraction of sp³-hybridized carbons (Fsp3) is 0.941. The highest BCUT2D eigenvalue weighted by Crippen LogP contribution is 2.23. The molecule has 0 aliphatic carbocycles. The number of amides is 1. The molecule has 3 aliphatic rings. The zero-order valence-electron chi connectivity index (χ0n) is 14.3. The number of hydrogen-bond donors (Lipinski definition) is 1. The lowest BCUT2D eigenvalue weighted by molar-refractivity contribution is -0.135. The smallest absolute Gasteiger partial charge is 0.239 e. The molecule has 0 saturated carbocycles. The summed E-state index contributed by atoms with van der Waals surface area (Å²) in [7, 11) is 0. The van der Waals surface area contributed by atoms with Gasteiger partial charge >= 0.3 is 0 Å². The van der Waals surface area contributed by atoms with Crippen LogP contribution in [0.15, 0.2) is 0 Å². The first-order chi connectivity index (χ1) is 10.2. The number of nitrogens with zero attached hydrogens (tertiary/aromatic N) is 2. The van der Waals surface area contributed by atoms with E-state index in [1.54, 1.807) is 0 Å². The topological polar surface area (TPSA) is 35.6 Å². The van der Waals surface area contributed by atoms with Crippen LogP contribution in [0.4, 0.5) is 0 Å². The van der Waals surface area contributed by atoms with E-state index in [9.17, 15) is 4.79 Å². The predicted molar refractivity (Wildman–Crippen MR) is 99.7 cm³/mol. The Morgan fingerprint density at radius 3 is 2.57 bits per heavy atom. The first-order valence-corrected chi connectivity index (χ1v) is 9.00. The standard InChI is InChI=1S/C17H31N3O.2ClH/c1-14-6-2-3-10-19(14)12-15-7-5-11-20(13-15)17(21)16-8-4-9-18-16;;/h14-16,18H,2-13H2,1H3;2*1H. The summed E-state index contributed by atoms with van der Waals surface area (Å²) in [5.74, 6) is 1.05. The summed E-state index contributed by atoms with van der Waals surface area (Å²) >= 11 is 0. The van der Waals surface area contributed by atoms with Gasteiger partial charge in [0.1, 0.15) is 0 Å². The van der Waals surface area contributed by atoms with Gasteiger partial charge in [0.05, 0.1) is 6.04 Å². The van der Waals surface area contributed by atoms with Crippen molar-refractivity contribution >= 4 is 30.7 Å². The minimum atomic E-state index is 0. The summed E-state index contributed by atoms with van der Waals surface area (Å²) < 4.78 is 0. The Labute approximate surface area is 153 Å². The van der Waals surface area contributed by atoms with Crippen LogP contribution >= 0.6 is 24.8 Å². The zero-order valence-corrected chi connectivity index (χ0v) is 16.0. The van der Waals surface area contributed by atoms with Gasteiger partial charge in [0, 0.05) is 25.7 Å². The highest BCUT2D eigenvalue weighted by Gasteiger charge is 2.31. The molecule has 3 unspecified atom stereocenters. The molecule has 0 bridgehead atoms. The normalized spacial score (nSPS) is 32.0. The van der Waals surface area contributed by atoms with Gasteiger partial charge < -0.3 is 15.1 Å². The maximum absolute atomic E-state index is 12.6. The molecular weight excluding hydrogens is 333 g/mol. The molecule has 136 valence electrons. The van der Waals surface area contributed by atoms with E-state index in [0.29, 0.717) is 11.8 Å². The third-order valence-electron chi connectivity index (χ3n) is 5.62. The van der Waals surface area contributed by atoms with Crippen molar-refractivity contribution in [1.82, 2.24) is 15.1 Å². The second-order valence-electron chi connectivity index (χ2n) is 7.28. The van der Waals surface area contributed by atoms with Gasteiger partial charge in [0.2, 0.25) is 5.91 Å². The first kappa shape index (κ1) is 21.0. The van der Waals surface area contributed by atoms with Crippen molar-refractivity contribution in [3.63, 3.8) is 0 Å². The number of carbonyl (C=O) groups is 1. The number of piperidine rings is 2. The second kappa shape index (κ2) is 10.1. The van der Waals surface area contributed by atoms with E-state index in [2.05, 4.69) is 22.0 Å². The quantitative estimate of drug-likeness (QED) is 0.834. The Hall–Kier alpha value is -0.0300. The second-order valence-corrected chi connectivity index (χ2v) is 7.28. The molecule has 3 aliphatic heterocycles. The van der Waals surface area contributed by atoms with E-state index < -0.39 is 0 Å². The number of nitrogens with one attached hydrogen (secondary N) is 1. The van der Waals surface area contributed by atoms with Crippen molar-refractivity contribution in [3.8, 4) is 0 Å². The Morgan fingerprint density at radius 2 is 1.87 bits per heavy atom. The molecule has 3 fully saturated rings. The SMILES string of the molecule is CC1CCCCN1CC1CCCN(C(=O)C2CCCN2)C1.Cl.Cl. The van der Waals surface area contributed by atoms with Gasteiger partial charge in [-0.2, -0.15) is 0 Å². The van der Waals surface area contributed by atoms with Crippen molar-refractivity contribution in [2.75, 3.05) is 32.7 Å². The van der Waals surface area contributed by atoms with Gasteiger partial charge in [-0.05, 0) is 64.5 Å². The molecule has 0 aromatic carbocycles. The molecule has 1 amide bonds. The number of rotatable bonds is 3. The maximum Gasteiger partial charge on any atom is 0.239 e. The number of carbonyl (C=O) groups excluding carboxylic acids is 1. The van der Waals surface area contributed by atoms with Gasteiger partial charge in [0.25, 0.3) is 0 Å². The van der Waals surface area contributed by atoms with Crippen molar-refractivity contribution in [1.29, 1.82) is 0 Å². The van der Waals surface area contributed by atoms with E-state index in [0.717, 1.165) is 38.5 Å². The lowest BCUT2D eigenvalue weighted by Gasteiger charge is -2.40. The molecule has 23 heavy (non-hydrogen) atoms. The zero-order chi connectivity index (χ0) is 14.7. The van der Waals surface area contributed by atoms with Crippen LogP contribution in [-0.2, 0) is 4.79 Å². The summed E-state index contributed by atoms with van der Waals surface area (Å²) in [5, 5.41) is 3.36. The van der Waals surface area contributed by atoms with E-state index in [-0.39, 0.29) is 30.9 Å². The largest absolute Gasteiger partial charge is 0.341 e. The van der Waals surface area contributed by atoms with Gasteiger partial charge in [-0.15, -0.1) is 24.8 Å².